The number of rotatable bonds is 4. The molecule has 1 amide bonds. The lowest BCUT2D eigenvalue weighted by Crippen LogP contribution is -2.38. The van der Waals surface area contributed by atoms with Gasteiger partial charge in [0.05, 0.1) is 5.56 Å². The van der Waals surface area contributed by atoms with Crippen LogP contribution in [0.3, 0.4) is 0 Å². The number of amides is 1. The zero-order valence-electron chi connectivity index (χ0n) is 10.7. The van der Waals surface area contributed by atoms with Crippen LogP contribution in [0.5, 0.6) is 0 Å². The van der Waals surface area contributed by atoms with Crippen LogP contribution in [0.1, 0.15) is 46.6 Å². The average molecular weight is 283 g/mol. The van der Waals surface area contributed by atoms with Gasteiger partial charge in [-0.1, -0.05) is 6.42 Å². The molecule has 0 bridgehead atoms. The first-order chi connectivity index (χ1) is 9.10. The lowest BCUT2D eigenvalue weighted by molar-refractivity contribution is 0.0695. The summed E-state index contributed by atoms with van der Waals surface area (Å²) >= 11 is 1.83. The number of nitrogens with one attached hydrogen (secondary N) is 1. The largest absolute Gasteiger partial charge is 0.478 e. The maximum Gasteiger partial charge on any atom is 0.338 e. The lowest BCUT2D eigenvalue weighted by atomic mass is 9.95. The Labute approximate surface area is 115 Å². The normalized spacial score (nSPS) is 23.0. The number of carboxylic acid groups (broad SMARTS) is 1. The van der Waals surface area contributed by atoms with Crippen LogP contribution in [0.2, 0.25) is 0 Å². The number of carboxylic acids is 1. The molecule has 1 aliphatic rings. The van der Waals surface area contributed by atoms with Crippen LogP contribution in [0.4, 0.5) is 0 Å². The number of hydrogen-bond donors (Lipinski definition) is 2. The number of thioether (sulfide) groups is 1. The molecule has 1 saturated carbocycles. The molecule has 2 unspecified atom stereocenters. The van der Waals surface area contributed by atoms with Crippen molar-refractivity contribution in [3.8, 4) is 0 Å². The van der Waals surface area contributed by atoms with Crippen molar-refractivity contribution in [2.75, 3.05) is 6.26 Å². The minimum absolute atomic E-state index is 0.00390. The molecule has 104 valence electrons. The molecule has 0 spiro atoms. The van der Waals surface area contributed by atoms with Crippen molar-refractivity contribution in [2.24, 2.45) is 0 Å². The van der Waals surface area contributed by atoms with Crippen molar-refractivity contribution in [3.63, 3.8) is 0 Å². The van der Waals surface area contributed by atoms with Crippen LogP contribution in [0.15, 0.2) is 16.7 Å². The Morgan fingerprint density at radius 3 is 2.89 bits per heavy atom. The second-order valence-electron chi connectivity index (χ2n) is 4.70. The summed E-state index contributed by atoms with van der Waals surface area (Å²) < 4.78 is 4.98. The zero-order valence-corrected chi connectivity index (χ0v) is 11.5. The Bertz CT molecular complexity index is 471. The van der Waals surface area contributed by atoms with Crippen molar-refractivity contribution in [1.82, 2.24) is 5.32 Å². The van der Waals surface area contributed by atoms with Gasteiger partial charge < -0.3 is 14.8 Å². The second-order valence-corrected chi connectivity index (χ2v) is 5.84. The summed E-state index contributed by atoms with van der Waals surface area (Å²) in [7, 11) is 0. The van der Waals surface area contributed by atoms with Gasteiger partial charge in [0.2, 0.25) is 0 Å². The van der Waals surface area contributed by atoms with Gasteiger partial charge in [-0.15, -0.1) is 0 Å². The van der Waals surface area contributed by atoms with Crippen LogP contribution in [0, 0.1) is 0 Å². The fourth-order valence-corrected chi connectivity index (χ4v) is 3.14. The van der Waals surface area contributed by atoms with Crippen molar-refractivity contribution in [2.45, 2.75) is 37.0 Å². The molecule has 19 heavy (non-hydrogen) atoms. The van der Waals surface area contributed by atoms with E-state index < -0.39 is 5.97 Å². The molecule has 1 heterocycles. The van der Waals surface area contributed by atoms with Gasteiger partial charge in [-0.25, -0.2) is 4.79 Å². The van der Waals surface area contributed by atoms with Crippen LogP contribution < -0.4 is 5.32 Å². The molecule has 0 aromatic carbocycles. The van der Waals surface area contributed by atoms with Gasteiger partial charge >= 0.3 is 5.97 Å². The molecule has 1 aromatic rings. The van der Waals surface area contributed by atoms with E-state index in [1.165, 1.54) is 12.5 Å². The van der Waals surface area contributed by atoms with Crippen molar-refractivity contribution in [1.29, 1.82) is 0 Å². The highest BCUT2D eigenvalue weighted by Gasteiger charge is 2.24. The molecule has 1 aromatic heterocycles. The summed E-state index contributed by atoms with van der Waals surface area (Å²) in [5.41, 5.74) is -0.00390. The lowest BCUT2D eigenvalue weighted by Gasteiger charge is -2.28. The number of furan rings is 1. The Morgan fingerprint density at radius 1 is 1.47 bits per heavy atom. The van der Waals surface area contributed by atoms with Crippen LogP contribution >= 0.6 is 11.8 Å². The van der Waals surface area contributed by atoms with Crippen LogP contribution in [-0.4, -0.2) is 34.5 Å². The summed E-state index contributed by atoms with van der Waals surface area (Å²) in [4.78, 5) is 22.7. The van der Waals surface area contributed by atoms with E-state index in [-0.39, 0.29) is 23.3 Å². The third-order valence-corrected chi connectivity index (χ3v) is 4.46. The number of aromatic carboxylic acids is 1. The molecular weight excluding hydrogens is 266 g/mol. The molecule has 2 atom stereocenters. The number of hydrogen-bond acceptors (Lipinski definition) is 4. The van der Waals surface area contributed by atoms with Gasteiger partial charge in [0, 0.05) is 17.4 Å². The van der Waals surface area contributed by atoms with E-state index in [0.717, 1.165) is 25.5 Å². The van der Waals surface area contributed by atoms with Gasteiger partial charge in [0.1, 0.15) is 6.26 Å². The molecular formula is C13H17NO4S. The monoisotopic (exact) mass is 283 g/mol. The molecule has 1 aliphatic carbocycles. The van der Waals surface area contributed by atoms with E-state index in [2.05, 4.69) is 11.6 Å². The molecule has 0 aliphatic heterocycles. The molecule has 0 radical (unpaired) electrons. The van der Waals surface area contributed by atoms with E-state index in [9.17, 15) is 9.59 Å². The maximum atomic E-state index is 11.9. The molecule has 1 fully saturated rings. The topological polar surface area (TPSA) is 79.5 Å². The zero-order chi connectivity index (χ0) is 13.8. The quantitative estimate of drug-likeness (QED) is 0.887. The van der Waals surface area contributed by atoms with Crippen molar-refractivity contribution >= 4 is 23.6 Å². The first kappa shape index (κ1) is 14.0. The minimum Gasteiger partial charge on any atom is -0.478 e. The Morgan fingerprint density at radius 2 is 2.26 bits per heavy atom. The van der Waals surface area contributed by atoms with E-state index >= 15 is 0 Å². The predicted octanol–water partition coefficient (Wildman–Crippen LogP) is 2.38. The van der Waals surface area contributed by atoms with Gasteiger partial charge in [-0.2, -0.15) is 11.8 Å². The summed E-state index contributed by atoms with van der Waals surface area (Å²) in [5.74, 6) is -1.37. The second kappa shape index (κ2) is 6.14. The Balaban J connectivity index is 1.94. The molecule has 0 saturated heterocycles. The molecule has 2 rings (SSSR count). The fourth-order valence-electron chi connectivity index (χ4n) is 2.31. The van der Waals surface area contributed by atoms with Crippen LogP contribution in [-0.2, 0) is 0 Å². The summed E-state index contributed by atoms with van der Waals surface area (Å²) in [6.07, 6.45) is 7.39. The average Bonchev–Trinajstić information content (AvgIpc) is 2.89. The van der Waals surface area contributed by atoms with E-state index in [1.54, 1.807) is 0 Å². The summed E-state index contributed by atoms with van der Waals surface area (Å²) in [5, 5.41) is 12.3. The van der Waals surface area contributed by atoms with Crippen molar-refractivity contribution < 1.29 is 19.1 Å². The smallest absolute Gasteiger partial charge is 0.338 e. The highest BCUT2D eigenvalue weighted by molar-refractivity contribution is 7.99. The third-order valence-electron chi connectivity index (χ3n) is 3.36. The third kappa shape index (κ3) is 3.53. The van der Waals surface area contributed by atoms with Gasteiger partial charge in [-0.3, -0.25) is 4.79 Å². The summed E-state index contributed by atoms with van der Waals surface area (Å²) in [6.45, 7) is 0. The van der Waals surface area contributed by atoms with E-state index in [0.29, 0.717) is 5.25 Å². The highest BCUT2D eigenvalue weighted by Crippen LogP contribution is 2.27. The van der Waals surface area contributed by atoms with Gasteiger partial charge in [0.25, 0.3) is 5.91 Å². The van der Waals surface area contributed by atoms with E-state index in [4.69, 9.17) is 9.52 Å². The standard InChI is InChI=1S/C13H17NO4S/c1-19-10-4-2-3-9(6-10)14-12(15)11-5-8(7-18-11)13(16)17/h5,7,9-10H,2-4,6H2,1H3,(H,14,15)(H,16,17). The van der Waals surface area contributed by atoms with Gasteiger partial charge in [-0.05, 0) is 25.5 Å². The Kier molecular flexibility index (Phi) is 4.52. The molecule has 6 heteroatoms. The Hall–Kier alpha value is -1.43. The molecule has 5 nitrogen and oxygen atoms in total. The fraction of sp³-hybridized carbons (Fsp3) is 0.538. The highest BCUT2D eigenvalue weighted by atomic mass is 32.2. The van der Waals surface area contributed by atoms with E-state index in [1.807, 2.05) is 11.8 Å². The number of carbonyl (C=O) groups excluding carboxylic acids is 1. The maximum absolute atomic E-state index is 11.9. The SMILES string of the molecule is CSC1CCCC(NC(=O)c2cc(C(=O)O)co2)C1. The minimum atomic E-state index is -1.09. The number of carbonyl (C=O) groups is 2. The molecule has 2 N–H and O–H groups in total. The van der Waals surface area contributed by atoms with Crippen LogP contribution in [0.25, 0.3) is 0 Å². The first-order valence-corrected chi connectivity index (χ1v) is 7.54. The van der Waals surface area contributed by atoms with Gasteiger partial charge in [0.15, 0.2) is 5.76 Å². The first-order valence-electron chi connectivity index (χ1n) is 6.25. The van der Waals surface area contributed by atoms with Crippen molar-refractivity contribution in [3.05, 3.63) is 23.7 Å². The predicted molar refractivity (Wildman–Crippen MR) is 72.7 cm³/mol. The summed E-state index contributed by atoms with van der Waals surface area (Å²) in [6, 6.07) is 1.41.